The van der Waals surface area contributed by atoms with Gasteiger partial charge in [-0.3, -0.25) is 9.59 Å². The second-order valence-electron chi connectivity index (χ2n) is 12.5. The minimum Gasteiger partial charge on any atom is -0.453 e. The van der Waals surface area contributed by atoms with Crippen LogP contribution in [0.25, 0.3) is 22.2 Å². The number of likely N-dealkylation sites (tertiary alicyclic amines) is 2. The summed E-state index contributed by atoms with van der Waals surface area (Å²) in [5.41, 5.74) is 5.17. The monoisotopic (exact) mass is 680 g/mol. The Morgan fingerprint density at radius 1 is 0.800 bits per heavy atom. The number of nitrogens with one attached hydrogen (secondary N) is 4. The average Bonchev–Trinajstić information content (AvgIpc) is 3.96. The molecule has 260 valence electrons. The lowest BCUT2D eigenvalue weighted by Gasteiger charge is -2.26. The van der Waals surface area contributed by atoms with Gasteiger partial charge in [0.05, 0.1) is 43.5 Å². The number of aromatic amines is 2. The molecule has 0 radical (unpaired) electrons. The van der Waals surface area contributed by atoms with E-state index < -0.39 is 24.3 Å². The van der Waals surface area contributed by atoms with Crippen molar-refractivity contribution in [3.05, 3.63) is 71.6 Å². The molecular formula is C36H40N8O6. The van der Waals surface area contributed by atoms with E-state index in [1.807, 2.05) is 42.5 Å². The molecule has 4 N–H and O–H groups in total. The third-order valence-corrected chi connectivity index (χ3v) is 9.14. The lowest BCUT2D eigenvalue weighted by atomic mass is 10.0. The van der Waals surface area contributed by atoms with E-state index in [0.717, 1.165) is 59.2 Å². The van der Waals surface area contributed by atoms with Gasteiger partial charge in [0.1, 0.15) is 29.4 Å². The molecule has 0 aliphatic carbocycles. The van der Waals surface area contributed by atoms with Crippen molar-refractivity contribution in [3.8, 4) is 23.0 Å². The van der Waals surface area contributed by atoms with Crippen LogP contribution < -0.4 is 10.6 Å². The fraction of sp³-hybridized carbons (Fsp3) is 0.389. The molecule has 2 aliphatic rings. The van der Waals surface area contributed by atoms with Gasteiger partial charge in [0, 0.05) is 18.7 Å². The second-order valence-corrected chi connectivity index (χ2v) is 12.5. The number of methoxy groups -OCH3 is 2. The predicted molar refractivity (Wildman–Crippen MR) is 183 cm³/mol. The molecule has 50 heavy (non-hydrogen) atoms. The van der Waals surface area contributed by atoms with Gasteiger partial charge in [-0.2, -0.15) is 0 Å². The van der Waals surface area contributed by atoms with Crippen LogP contribution in [0.2, 0.25) is 0 Å². The SMILES string of the molecule is COC(=O)N[C@@H](C)C(=O)N1CCC[C@@H]1c1nc2ccc(-c3ccc(C#Cc4cnc([C@@H]5CCCN5C(=O)[C@H](C)NC(=O)OC)[nH]4)cc3)cc2[nH]1. The maximum atomic E-state index is 13.1. The second kappa shape index (κ2) is 14.7. The number of hydrogen-bond acceptors (Lipinski definition) is 8. The molecule has 0 bridgehead atoms. The first-order chi connectivity index (χ1) is 24.1. The highest BCUT2D eigenvalue weighted by Crippen LogP contribution is 2.33. The first-order valence-corrected chi connectivity index (χ1v) is 16.6. The number of carbonyl (C=O) groups is 4. The summed E-state index contributed by atoms with van der Waals surface area (Å²) >= 11 is 0. The quantitative estimate of drug-likeness (QED) is 0.211. The van der Waals surface area contributed by atoms with Crippen LogP contribution in [0, 0.1) is 11.8 Å². The van der Waals surface area contributed by atoms with E-state index >= 15 is 0 Å². The molecule has 4 atom stereocenters. The number of H-pyrrole nitrogens is 2. The average molecular weight is 681 g/mol. The molecule has 2 aromatic carbocycles. The fourth-order valence-corrected chi connectivity index (χ4v) is 6.54. The van der Waals surface area contributed by atoms with Crippen molar-refractivity contribution in [2.24, 2.45) is 0 Å². The van der Waals surface area contributed by atoms with Crippen molar-refractivity contribution in [1.82, 2.24) is 40.4 Å². The number of imidazole rings is 2. The Balaban J connectivity index is 1.11. The highest BCUT2D eigenvalue weighted by Gasteiger charge is 2.36. The van der Waals surface area contributed by atoms with E-state index in [2.05, 4.69) is 46.9 Å². The van der Waals surface area contributed by atoms with Crippen molar-refractivity contribution in [1.29, 1.82) is 0 Å². The Morgan fingerprint density at radius 3 is 1.98 bits per heavy atom. The smallest absolute Gasteiger partial charge is 0.407 e. The molecule has 0 spiro atoms. The molecule has 2 fully saturated rings. The Labute approximate surface area is 289 Å². The van der Waals surface area contributed by atoms with Crippen molar-refractivity contribution < 1.29 is 28.7 Å². The standard InChI is InChI=1S/C36H40N8O6/c1-21(38-35(47)49-3)33(45)43-17-5-7-29(43)31-37-20-26(40-31)15-11-23-9-12-24(13-10-23)25-14-16-27-28(19-25)42-32(41-27)30-8-6-18-44(30)34(46)22(2)39-36(48)50-4/h9-10,12-14,16,19-22,29-30H,5-8,17-18H2,1-4H3,(H,37,40)(H,38,47)(H,39,48)(H,41,42)/t21-,22-,29-,30+/m0/s1. The van der Waals surface area contributed by atoms with E-state index in [-0.39, 0.29) is 23.9 Å². The molecule has 0 unspecified atom stereocenters. The largest absolute Gasteiger partial charge is 0.453 e. The number of hydrogen-bond donors (Lipinski definition) is 4. The Hall–Kier alpha value is -5.84. The van der Waals surface area contributed by atoms with Gasteiger partial charge in [-0.25, -0.2) is 19.6 Å². The predicted octanol–water partition coefficient (Wildman–Crippen LogP) is 4.17. The molecule has 4 heterocycles. The number of ether oxygens (including phenoxy) is 2. The van der Waals surface area contributed by atoms with E-state index in [1.54, 1.807) is 29.8 Å². The van der Waals surface area contributed by atoms with Gasteiger partial charge in [-0.15, -0.1) is 0 Å². The lowest BCUT2D eigenvalue weighted by molar-refractivity contribution is -0.134. The summed E-state index contributed by atoms with van der Waals surface area (Å²) in [4.78, 5) is 68.8. The van der Waals surface area contributed by atoms with Gasteiger partial charge in [0.25, 0.3) is 0 Å². The summed E-state index contributed by atoms with van der Waals surface area (Å²) in [6.07, 6.45) is 3.60. The highest BCUT2D eigenvalue weighted by molar-refractivity contribution is 5.87. The number of amides is 4. The summed E-state index contributed by atoms with van der Waals surface area (Å²) in [5, 5.41) is 5.09. The number of carbonyl (C=O) groups excluding carboxylic acids is 4. The van der Waals surface area contributed by atoms with Gasteiger partial charge in [-0.1, -0.05) is 24.1 Å². The topological polar surface area (TPSA) is 175 Å². The number of fused-ring (bicyclic) bond motifs is 1. The van der Waals surface area contributed by atoms with Crippen LogP contribution in [0.3, 0.4) is 0 Å². The van der Waals surface area contributed by atoms with E-state index in [1.165, 1.54) is 14.2 Å². The Bertz CT molecular complexity index is 1960. The van der Waals surface area contributed by atoms with Crippen LogP contribution in [0.15, 0.2) is 48.7 Å². The van der Waals surface area contributed by atoms with Crippen LogP contribution in [0.1, 0.15) is 74.5 Å². The highest BCUT2D eigenvalue weighted by atomic mass is 16.5. The summed E-state index contributed by atoms with van der Waals surface area (Å²) in [6.45, 7) is 4.45. The van der Waals surface area contributed by atoms with Crippen LogP contribution in [-0.4, -0.2) is 93.1 Å². The van der Waals surface area contributed by atoms with E-state index in [0.29, 0.717) is 24.6 Å². The number of benzene rings is 2. The molecule has 2 aliphatic heterocycles. The molecular weight excluding hydrogens is 640 g/mol. The van der Waals surface area contributed by atoms with Gasteiger partial charge in [-0.05, 0) is 80.8 Å². The normalized spacial score (nSPS) is 18.2. The molecule has 4 aromatic rings. The minimum atomic E-state index is -0.715. The van der Waals surface area contributed by atoms with Gasteiger partial charge < -0.3 is 39.9 Å². The molecule has 4 amide bonds. The summed E-state index contributed by atoms with van der Waals surface area (Å²) in [7, 11) is 2.53. The maximum Gasteiger partial charge on any atom is 0.407 e. The van der Waals surface area contributed by atoms with Crippen molar-refractivity contribution >= 4 is 35.0 Å². The number of nitrogens with zero attached hydrogens (tertiary/aromatic N) is 4. The zero-order valence-corrected chi connectivity index (χ0v) is 28.4. The number of alkyl carbamates (subject to hydrolysis) is 2. The van der Waals surface area contributed by atoms with E-state index in [9.17, 15) is 19.2 Å². The Kier molecular flexibility index (Phi) is 10.0. The third kappa shape index (κ3) is 7.26. The van der Waals surface area contributed by atoms with Gasteiger partial charge in [0.2, 0.25) is 11.8 Å². The van der Waals surface area contributed by atoms with Gasteiger partial charge in [0.15, 0.2) is 0 Å². The first-order valence-electron chi connectivity index (χ1n) is 16.6. The molecule has 14 nitrogen and oxygen atoms in total. The molecule has 2 saturated heterocycles. The van der Waals surface area contributed by atoms with Crippen molar-refractivity contribution in [2.45, 2.75) is 63.7 Å². The first kappa shape index (κ1) is 34.0. The van der Waals surface area contributed by atoms with Gasteiger partial charge >= 0.3 is 12.2 Å². The minimum absolute atomic E-state index is 0.177. The van der Waals surface area contributed by atoms with Crippen LogP contribution in [0.5, 0.6) is 0 Å². The third-order valence-electron chi connectivity index (χ3n) is 9.14. The molecule has 2 aromatic heterocycles. The lowest BCUT2D eigenvalue weighted by Crippen LogP contribution is -2.46. The maximum absolute atomic E-state index is 13.1. The molecule has 0 saturated carbocycles. The van der Waals surface area contributed by atoms with E-state index in [4.69, 9.17) is 4.98 Å². The zero-order valence-electron chi connectivity index (χ0n) is 28.4. The van der Waals surface area contributed by atoms with Crippen LogP contribution >= 0.6 is 0 Å². The Morgan fingerprint density at radius 2 is 1.38 bits per heavy atom. The van der Waals surface area contributed by atoms with Crippen molar-refractivity contribution in [3.63, 3.8) is 0 Å². The zero-order chi connectivity index (χ0) is 35.4. The number of rotatable bonds is 7. The summed E-state index contributed by atoms with van der Waals surface area (Å²) in [5.74, 6) is 7.33. The summed E-state index contributed by atoms with van der Waals surface area (Å²) < 4.78 is 9.26. The van der Waals surface area contributed by atoms with Crippen LogP contribution in [0.4, 0.5) is 9.59 Å². The molecule has 14 heteroatoms. The van der Waals surface area contributed by atoms with Crippen molar-refractivity contribution in [2.75, 3.05) is 27.3 Å². The summed E-state index contributed by atoms with van der Waals surface area (Å²) in [6, 6.07) is 12.1. The molecule has 6 rings (SSSR count). The van der Waals surface area contributed by atoms with Crippen LogP contribution in [-0.2, 0) is 19.1 Å². The fourth-order valence-electron chi connectivity index (χ4n) is 6.54. The number of aromatic nitrogens is 4.